The smallest absolute Gasteiger partial charge is 0.412 e. The normalized spacial score (nSPS) is 14.1. The van der Waals surface area contributed by atoms with Gasteiger partial charge in [0.25, 0.3) is 5.91 Å². The van der Waals surface area contributed by atoms with E-state index in [0.717, 1.165) is 4.47 Å². The van der Waals surface area contributed by atoms with Crippen LogP contribution < -0.4 is 20.3 Å². The summed E-state index contributed by atoms with van der Waals surface area (Å²) in [4.78, 5) is 23.8. The van der Waals surface area contributed by atoms with Crippen LogP contribution in [0, 0.1) is 5.92 Å². The van der Waals surface area contributed by atoms with Gasteiger partial charge in [0, 0.05) is 27.9 Å². The quantitative estimate of drug-likeness (QED) is 0.233. The van der Waals surface area contributed by atoms with Crippen LogP contribution in [0.4, 0.5) is 10.5 Å². The van der Waals surface area contributed by atoms with Crippen LogP contribution in [0.15, 0.2) is 53.0 Å². The monoisotopic (exact) mass is 506 g/mol. The molecule has 32 heavy (non-hydrogen) atoms. The van der Waals surface area contributed by atoms with Crippen LogP contribution in [0.3, 0.4) is 0 Å². The molecule has 2 aromatic carbocycles. The molecule has 0 radical (unpaired) electrons. The molecule has 170 valence electrons. The van der Waals surface area contributed by atoms with E-state index < -0.39 is 18.1 Å². The summed E-state index contributed by atoms with van der Waals surface area (Å²) in [5.41, 5.74) is 2.44. The van der Waals surface area contributed by atoms with Gasteiger partial charge in [0.1, 0.15) is 11.9 Å². The van der Waals surface area contributed by atoms with Gasteiger partial charge in [0.15, 0.2) is 11.5 Å². The second-order valence-electron chi connectivity index (χ2n) is 7.16. The molecule has 0 fully saturated rings. The van der Waals surface area contributed by atoms with Gasteiger partial charge in [-0.15, -0.1) is 0 Å². The second-order valence-corrected chi connectivity index (χ2v) is 8.07. The molecular weight excluding hydrogens is 484 g/mol. The predicted molar refractivity (Wildman–Crippen MR) is 119 cm³/mol. The Balaban J connectivity index is 1.72. The van der Waals surface area contributed by atoms with Gasteiger partial charge in [0.05, 0.1) is 0 Å². The first-order valence-electron chi connectivity index (χ1n) is 9.83. The number of aromatic hydroxyl groups is 1. The number of hydrogen-bond acceptors (Lipinski definition) is 7. The molecule has 0 aliphatic carbocycles. The number of fused-ring (bicyclic) bond motifs is 1. The molecule has 9 nitrogen and oxygen atoms in total. The first kappa shape index (κ1) is 23.4. The lowest BCUT2D eigenvalue weighted by molar-refractivity contribution is -0.124. The number of nitrogens with one attached hydrogen (secondary N) is 2. The number of ether oxygens (including phenoxy) is 3. The van der Waals surface area contributed by atoms with Crippen LogP contribution in [-0.2, 0) is 9.53 Å². The fraction of sp³-hybridized carbons (Fsp3) is 0.273. The fourth-order valence-electron chi connectivity index (χ4n) is 3.21. The van der Waals surface area contributed by atoms with Crippen molar-refractivity contribution in [2.24, 2.45) is 5.92 Å². The average molecular weight is 507 g/mol. The highest BCUT2D eigenvalue weighted by atomic mass is 79.9. The Bertz CT molecular complexity index is 1010. The lowest BCUT2D eigenvalue weighted by Gasteiger charge is -2.25. The predicted octanol–water partition coefficient (Wildman–Crippen LogP) is 4.65. The summed E-state index contributed by atoms with van der Waals surface area (Å²) >= 11 is 3.38. The Hall–Kier alpha value is -3.24. The third-order valence-corrected chi connectivity index (χ3v) is 5.33. The van der Waals surface area contributed by atoms with Crippen molar-refractivity contribution in [3.63, 3.8) is 0 Å². The van der Waals surface area contributed by atoms with Crippen molar-refractivity contribution < 1.29 is 34.1 Å². The number of rotatable bonds is 8. The van der Waals surface area contributed by atoms with Gasteiger partial charge in [0.2, 0.25) is 6.79 Å². The summed E-state index contributed by atoms with van der Waals surface area (Å²) in [5.74, 6) is 0.280. The summed E-state index contributed by atoms with van der Waals surface area (Å²) in [5, 5.41) is 21.6. The van der Waals surface area contributed by atoms with Crippen molar-refractivity contribution in [1.29, 1.82) is 0 Å². The van der Waals surface area contributed by atoms with E-state index >= 15 is 0 Å². The van der Waals surface area contributed by atoms with Crippen molar-refractivity contribution in [2.75, 3.05) is 12.1 Å². The van der Waals surface area contributed by atoms with Gasteiger partial charge in [-0.05, 0) is 49.1 Å². The van der Waals surface area contributed by atoms with Crippen LogP contribution in [0.1, 0.15) is 31.4 Å². The maximum Gasteiger partial charge on any atom is 0.412 e. The first-order chi connectivity index (χ1) is 15.4. The average Bonchev–Trinajstić information content (AvgIpc) is 3.24. The molecule has 2 aromatic rings. The highest BCUT2D eigenvalue weighted by Gasteiger charge is 2.26. The van der Waals surface area contributed by atoms with Gasteiger partial charge in [-0.25, -0.2) is 10.3 Å². The maximum atomic E-state index is 12.7. The molecule has 2 atom stereocenters. The van der Waals surface area contributed by atoms with E-state index in [1.54, 1.807) is 36.4 Å². The van der Waals surface area contributed by atoms with E-state index in [9.17, 15) is 14.7 Å². The van der Waals surface area contributed by atoms with Gasteiger partial charge in [-0.3, -0.25) is 15.3 Å². The number of hydroxylamine groups is 1. The Morgan fingerprint density at radius 2 is 2.00 bits per heavy atom. The highest BCUT2D eigenvalue weighted by Crippen LogP contribution is 2.37. The number of anilines is 1. The van der Waals surface area contributed by atoms with Crippen LogP contribution >= 0.6 is 15.9 Å². The molecule has 0 saturated carbocycles. The minimum atomic E-state index is -0.762. The third-order valence-electron chi connectivity index (χ3n) is 4.83. The standard InChI is InChI=1S/C22H23BrN2O7/c1-13(4-2-3-5-20(27)25-29)21(16-10-14(23)6-8-17(16)26)32-22(28)24-15-7-9-18-19(11-15)31-12-30-18/h3,5-11,13,21,26,29H,2,4,12H2,1H3,(H,24,28)(H,25,27)/b5-3+/t13-,21+/m1/s1. The number of halogens is 1. The molecule has 1 aliphatic rings. The fourth-order valence-corrected chi connectivity index (χ4v) is 3.59. The van der Waals surface area contributed by atoms with Crippen molar-refractivity contribution in [1.82, 2.24) is 5.48 Å². The molecule has 0 unspecified atom stereocenters. The Morgan fingerprint density at radius 3 is 2.78 bits per heavy atom. The van der Waals surface area contributed by atoms with E-state index in [2.05, 4.69) is 21.2 Å². The van der Waals surface area contributed by atoms with E-state index in [1.807, 2.05) is 6.92 Å². The summed E-state index contributed by atoms with van der Waals surface area (Å²) in [7, 11) is 0. The van der Waals surface area contributed by atoms with Crippen molar-refractivity contribution >= 4 is 33.6 Å². The zero-order chi connectivity index (χ0) is 23.1. The van der Waals surface area contributed by atoms with Crippen LogP contribution in [0.5, 0.6) is 17.2 Å². The Labute approximate surface area is 193 Å². The number of hydrogen-bond donors (Lipinski definition) is 4. The minimum Gasteiger partial charge on any atom is -0.508 e. The Morgan fingerprint density at radius 1 is 1.22 bits per heavy atom. The molecule has 1 aliphatic heterocycles. The zero-order valence-corrected chi connectivity index (χ0v) is 18.8. The largest absolute Gasteiger partial charge is 0.508 e. The molecule has 1 heterocycles. The first-order valence-corrected chi connectivity index (χ1v) is 10.6. The minimum absolute atomic E-state index is 0.00358. The van der Waals surface area contributed by atoms with Gasteiger partial charge in [-0.2, -0.15) is 0 Å². The zero-order valence-electron chi connectivity index (χ0n) is 17.2. The second kappa shape index (κ2) is 10.9. The lowest BCUT2D eigenvalue weighted by atomic mass is 9.92. The van der Waals surface area contributed by atoms with Crippen molar-refractivity contribution in [2.45, 2.75) is 25.9 Å². The molecular formula is C22H23BrN2O7. The number of benzene rings is 2. The van der Waals surface area contributed by atoms with Crippen LogP contribution in [0.2, 0.25) is 0 Å². The number of carbonyl (C=O) groups is 2. The van der Waals surface area contributed by atoms with E-state index in [0.29, 0.717) is 35.6 Å². The van der Waals surface area contributed by atoms with Crippen LogP contribution in [0.25, 0.3) is 0 Å². The van der Waals surface area contributed by atoms with E-state index in [4.69, 9.17) is 19.4 Å². The lowest BCUT2D eigenvalue weighted by Crippen LogP contribution is -2.22. The summed E-state index contributed by atoms with van der Waals surface area (Å²) in [6.07, 6.45) is 2.39. The molecule has 0 bridgehead atoms. The summed E-state index contributed by atoms with van der Waals surface area (Å²) < 4.78 is 17.0. The van der Waals surface area contributed by atoms with Gasteiger partial charge in [-0.1, -0.05) is 28.9 Å². The third kappa shape index (κ3) is 6.14. The molecule has 4 N–H and O–H groups in total. The SMILES string of the molecule is C[C@H](CC/C=C/C(=O)NO)[C@H](OC(=O)Nc1ccc2c(c1)OCO2)c1cc(Br)ccc1O. The maximum absolute atomic E-state index is 12.7. The Kier molecular flexibility index (Phi) is 7.96. The van der Waals surface area contributed by atoms with Crippen LogP contribution in [-0.4, -0.2) is 29.1 Å². The number of allylic oxidation sites excluding steroid dienone is 1. The van der Waals surface area contributed by atoms with Gasteiger partial charge >= 0.3 is 6.09 Å². The summed E-state index contributed by atoms with van der Waals surface area (Å²) in [6.45, 7) is 2.00. The number of phenolic OH excluding ortho intramolecular Hbond substituents is 1. The molecule has 10 heteroatoms. The topological polar surface area (TPSA) is 126 Å². The number of carbonyl (C=O) groups excluding carboxylic acids is 2. The molecule has 0 spiro atoms. The van der Waals surface area contributed by atoms with Gasteiger partial charge < -0.3 is 19.3 Å². The summed E-state index contributed by atoms with van der Waals surface area (Å²) in [6, 6.07) is 9.88. The molecule has 3 rings (SSSR count). The van der Waals surface area contributed by atoms with Crippen molar-refractivity contribution in [3.8, 4) is 17.2 Å². The number of amides is 2. The van der Waals surface area contributed by atoms with E-state index in [-0.39, 0.29) is 18.5 Å². The molecule has 0 aromatic heterocycles. The molecule has 0 saturated heterocycles. The molecule has 2 amide bonds. The highest BCUT2D eigenvalue weighted by molar-refractivity contribution is 9.10. The number of phenols is 1. The van der Waals surface area contributed by atoms with E-state index in [1.165, 1.54) is 17.6 Å². The van der Waals surface area contributed by atoms with Crippen molar-refractivity contribution in [3.05, 3.63) is 58.6 Å².